The number of hydrogen-bond donors (Lipinski definition) is 1. The molecule has 2 N–H and O–H groups in total. The van der Waals surface area contributed by atoms with Crippen LogP contribution in [0, 0.1) is 5.92 Å². The van der Waals surface area contributed by atoms with E-state index in [-0.39, 0.29) is 0 Å². The van der Waals surface area contributed by atoms with Gasteiger partial charge in [0.25, 0.3) is 0 Å². The first-order chi connectivity index (χ1) is 11.5. The molecule has 0 amide bonds. The Morgan fingerprint density at radius 3 is 2.62 bits per heavy atom. The number of hydrogen-bond acceptors (Lipinski definition) is 4. The van der Waals surface area contributed by atoms with Gasteiger partial charge in [0.1, 0.15) is 0 Å². The van der Waals surface area contributed by atoms with Crippen molar-refractivity contribution in [1.29, 1.82) is 0 Å². The van der Waals surface area contributed by atoms with E-state index in [1.54, 1.807) is 0 Å². The Bertz CT molecular complexity index is 639. The number of piperidine rings is 1. The molecular formula is C20H30N4. The van der Waals surface area contributed by atoms with Gasteiger partial charge in [-0.1, -0.05) is 19.1 Å². The Hall–Kier alpha value is -1.68. The highest BCUT2D eigenvalue weighted by atomic mass is 15.1. The third-order valence-electron chi connectivity index (χ3n) is 5.31. The lowest BCUT2D eigenvalue weighted by molar-refractivity contribution is 0.257. The molecule has 2 heterocycles. The summed E-state index contributed by atoms with van der Waals surface area (Å²) in [5, 5.41) is 0. The quantitative estimate of drug-likeness (QED) is 0.684. The Labute approximate surface area is 145 Å². The zero-order valence-electron chi connectivity index (χ0n) is 15.3. The molecule has 0 saturated carbocycles. The summed E-state index contributed by atoms with van der Waals surface area (Å²) in [5.74, 6) is 0.703. The average molecular weight is 326 g/mol. The highest BCUT2D eigenvalue weighted by Gasteiger charge is 2.17. The maximum absolute atomic E-state index is 6.34. The van der Waals surface area contributed by atoms with E-state index in [1.807, 2.05) is 0 Å². The Balaban J connectivity index is 1.74. The van der Waals surface area contributed by atoms with Crippen LogP contribution >= 0.6 is 0 Å². The molecule has 0 spiro atoms. The summed E-state index contributed by atoms with van der Waals surface area (Å²) in [4.78, 5) is 12.0. The van der Waals surface area contributed by atoms with Crippen LogP contribution < -0.4 is 5.73 Å². The van der Waals surface area contributed by atoms with Gasteiger partial charge in [-0.3, -0.25) is 9.98 Å². The van der Waals surface area contributed by atoms with Crippen LogP contribution in [0.3, 0.4) is 0 Å². The van der Waals surface area contributed by atoms with Crippen molar-refractivity contribution in [3.8, 4) is 0 Å². The van der Waals surface area contributed by atoms with Gasteiger partial charge in [0.15, 0.2) is 0 Å². The Kier molecular flexibility index (Phi) is 5.34. The third kappa shape index (κ3) is 4.04. The van der Waals surface area contributed by atoms with Gasteiger partial charge in [-0.2, -0.15) is 0 Å². The molecule has 1 aromatic rings. The van der Waals surface area contributed by atoms with E-state index >= 15 is 0 Å². The summed E-state index contributed by atoms with van der Waals surface area (Å²) in [6.07, 6.45) is 4.56. The number of nitrogen functional groups attached to an aromatic ring is 1. The lowest BCUT2D eigenvalue weighted by atomic mass is 9.94. The van der Waals surface area contributed by atoms with Crippen LogP contribution in [0.5, 0.6) is 0 Å². The van der Waals surface area contributed by atoms with Crippen LogP contribution in [0.15, 0.2) is 28.2 Å². The van der Waals surface area contributed by atoms with Crippen LogP contribution in [-0.4, -0.2) is 49.0 Å². The molecule has 130 valence electrons. The van der Waals surface area contributed by atoms with Crippen molar-refractivity contribution < 1.29 is 0 Å². The highest BCUT2D eigenvalue weighted by molar-refractivity contribution is 6.06. The molecular weight excluding hydrogens is 296 g/mol. The van der Waals surface area contributed by atoms with Crippen molar-refractivity contribution in [2.75, 3.05) is 32.4 Å². The number of anilines is 1. The summed E-state index contributed by atoms with van der Waals surface area (Å²) in [6, 6.07) is 6.80. The zero-order chi connectivity index (χ0) is 17.1. The van der Waals surface area contributed by atoms with E-state index in [1.165, 1.54) is 17.7 Å². The summed E-state index contributed by atoms with van der Waals surface area (Å²) < 4.78 is 0. The first kappa shape index (κ1) is 17.2. The number of aliphatic imine (C=N–C) groups is 2. The summed E-state index contributed by atoms with van der Waals surface area (Å²) in [7, 11) is 2.18. The molecule has 1 atom stereocenters. The van der Waals surface area contributed by atoms with E-state index in [2.05, 4.69) is 44.0 Å². The minimum atomic E-state index is 0.435. The first-order valence-electron chi connectivity index (χ1n) is 9.19. The van der Waals surface area contributed by atoms with Crippen LogP contribution in [0.25, 0.3) is 0 Å². The first-order valence-corrected chi connectivity index (χ1v) is 9.19. The second kappa shape index (κ2) is 7.47. The van der Waals surface area contributed by atoms with Gasteiger partial charge >= 0.3 is 0 Å². The average Bonchev–Trinajstić information content (AvgIpc) is 2.57. The minimum Gasteiger partial charge on any atom is -0.398 e. The predicted molar refractivity (Wildman–Crippen MR) is 103 cm³/mol. The van der Waals surface area contributed by atoms with Crippen molar-refractivity contribution in [2.45, 2.75) is 45.6 Å². The molecule has 4 nitrogen and oxygen atoms in total. The topological polar surface area (TPSA) is 54.0 Å². The molecule has 1 saturated heterocycles. The molecule has 2 aliphatic rings. The number of nitrogens with two attached hydrogens (primary N) is 1. The standard InChI is InChI=1S/C20H30N4/c1-14-4-7-20(22-13-14)16-5-6-18(19(21)12-16)15(2)23-17-8-10-24(3)11-9-17/h5-6,12,14,17H,4,7-11,13,21H2,1-3H3/t14-/m0/s1. The number of nitrogens with zero attached hydrogens (tertiary/aromatic N) is 3. The molecule has 24 heavy (non-hydrogen) atoms. The van der Waals surface area contributed by atoms with E-state index in [9.17, 15) is 0 Å². The van der Waals surface area contributed by atoms with Crippen molar-refractivity contribution in [3.05, 3.63) is 29.3 Å². The van der Waals surface area contributed by atoms with E-state index in [4.69, 9.17) is 15.7 Å². The summed E-state index contributed by atoms with van der Waals surface area (Å²) in [5.41, 5.74) is 11.7. The third-order valence-corrected chi connectivity index (χ3v) is 5.31. The van der Waals surface area contributed by atoms with Gasteiger partial charge in [-0.25, -0.2) is 0 Å². The van der Waals surface area contributed by atoms with Gasteiger partial charge in [-0.05, 0) is 70.3 Å². The van der Waals surface area contributed by atoms with Gasteiger partial charge in [0.05, 0.1) is 6.04 Å². The smallest absolute Gasteiger partial charge is 0.0527 e. The molecule has 0 radical (unpaired) electrons. The van der Waals surface area contributed by atoms with E-state index < -0.39 is 0 Å². The normalized spacial score (nSPS) is 24.0. The number of likely N-dealkylation sites (tertiary alicyclic amines) is 1. The Morgan fingerprint density at radius 2 is 2.00 bits per heavy atom. The van der Waals surface area contributed by atoms with Crippen molar-refractivity contribution >= 4 is 17.1 Å². The molecule has 0 aromatic heterocycles. The van der Waals surface area contributed by atoms with Gasteiger partial charge in [-0.15, -0.1) is 0 Å². The molecule has 0 unspecified atom stereocenters. The SMILES string of the molecule is CC(=NC1CCN(C)CC1)c1ccc(C2=NC[C@@H](C)CC2)cc1N. The van der Waals surface area contributed by atoms with Crippen molar-refractivity contribution in [2.24, 2.45) is 15.9 Å². The van der Waals surface area contributed by atoms with Gasteiger partial charge in [0, 0.05) is 29.2 Å². The second-order valence-corrected chi connectivity index (χ2v) is 7.48. The number of benzene rings is 1. The summed E-state index contributed by atoms with van der Waals surface area (Å²) >= 11 is 0. The molecule has 1 fully saturated rings. The largest absolute Gasteiger partial charge is 0.398 e. The Morgan fingerprint density at radius 1 is 1.25 bits per heavy atom. The zero-order valence-corrected chi connectivity index (χ0v) is 15.3. The molecule has 1 aromatic carbocycles. The maximum Gasteiger partial charge on any atom is 0.0527 e. The molecule has 0 aliphatic carbocycles. The monoisotopic (exact) mass is 326 g/mol. The highest BCUT2D eigenvalue weighted by Crippen LogP contribution is 2.22. The van der Waals surface area contributed by atoms with Gasteiger partial charge < -0.3 is 10.6 Å². The fourth-order valence-electron chi connectivity index (χ4n) is 3.59. The maximum atomic E-state index is 6.34. The van der Waals surface area contributed by atoms with Gasteiger partial charge in [0.2, 0.25) is 0 Å². The van der Waals surface area contributed by atoms with Crippen LogP contribution in [-0.2, 0) is 0 Å². The fourth-order valence-corrected chi connectivity index (χ4v) is 3.59. The van der Waals surface area contributed by atoms with E-state index in [0.29, 0.717) is 12.0 Å². The molecule has 3 rings (SSSR count). The van der Waals surface area contributed by atoms with Crippen molar-refractivity contribution in [3.63, 3.8) is 0 Å². The summed E-state index contributed by atoms with van der Waals surface area (Å²) in [6.45, 7) is 7.56. The van der Waals surface area contributed by atoms with E-state index in [0.717, 1.165) is 55.9 Å². The van der Waals surface area contributed by atoms with Crippen LogP contribution in [0.1, 0.15) is 50.7 Å². The van der Waals surface area contributed by atoms with Crippen LogP contribution in [0.2, 0.25) is 0 Å². The fraction of sp³-hybridized carbons (Fsp3) is 0.600. The molecule has 0 bridgehead atoms. The number of rotatable bonds is 3. The lowest BCUT2D eigenvalue weighted by Crippen LogP contribution is -2.32. The second-order valence-electron chi connectivity index (χ2n) is 7.48. The predicted octanol–water partition coefficient (Wildman–Crippen LogP) is 3.39. The molecule has 4 heteroatoms. The van der Waals surface area contributed by atoms with Crippen molar-refractivity contribution in [1.82, 2.24) is 4.90 Å². The minimum absolute atomic E-state index is 0.435. The molecule has 2 aliphatic heterocycles. The lowest BCUT2D eigenvalue weighted by Gasteiger charge is -2.27. The van der Waals surface area contributed by atoms with Crippen LogP contribution in [0.4, 0.5) is 5.69 Å².